The first-order chi connectivity index (χ1) is 6.83. The summed E-state index contributed by atoms with van der Waals surface area (Å²) < 4.78 is 39.9. The maximum absolute atomic E-state index is 11.9. The number of hydrogen-bond donors (Lipinski definition) is 2. The molecule has 1 rings (SSSR count). The normalized spacial score (nSPS) is 11.5. The molecule has 0 aliphatic heterocycles. The lowest BCUT2D eigenvalue weighted by molar-refractivity contribution is -0.274. The van der Waals surface area contributed by atoms with E-state index in [4.69, 9.17) is 11.5 Å². The molecule has 0 saturated carbocycles. The van der Waals surface area contributed by atoms with E-state index in [9.17, 15) is 13.2 Å². The van der Waals surface area contributed by atoms with E-state index in [1.807, 2.05) is 0 Å². The van der Waals surface area contributed by atoms with Crippen molar-refractivity contribution in [1.29, 1.82) is 0 Å². The first-order valence-electron chi connectivity index (χ1n) is 3.87. The van der Waals surface area contributed by atoms with Crippen LogP contribution in [0.3, 0.4) is 0 Å². The molecule has 0 amide bonds. The van der Waals surface area contributed by atoms with Gasteiger partial charge < -0.3 is 16.2 Å². The van der Waals surface area contributed by atoms with Crippen LogP contribution in [0, 0.1) is 0 Å². The van der Waals surface area contributed by atoms with Crippen LogP contribution in [0.4, 0.5) is 18.9 Å². The van der Waals surface area contributed by atoms with Gasteiger partial charge in [-0.15, -0.1) is 13.2 Å². The highest BCUT2D eigenvalue weighted by molar-refractivity contribution is 9.10. The topological polar surface area (TPSA) is 61.3 Å². The number of anilines is 1. The Labute approximate surface area is 92.3 Å². The predicted octanol–water partition coefficient (Wildman–Crippen LogP) is 2.39. The van der Waals surface area contributed by atoms with Gasteiger partial charge in [-0.25, -0.2) is 0 Å². The minimum atomic E-state index is -4.75. The average molecular weight is 285 g/mol. The number of nitrogens with two attached hydrogens (primary N) is 2. The summed E-state index contributed by atoms with van der Waals surface area (Å²) in [4.78, 5) is 0. The van der Waals surface area contributed by atoms with Gasteiger partial charge in [-0.05, 0) is 17.7 Å². The SMILES string of the molecule is NCc1cc(N)c(OC(F)(F)F)cc1Br. The molecule has 84 valence electrons. The highest BCUT2D eigenvalue weighted by Gasteiger charge is 2.32. The molecule has 3 nitrogen and oxygen atoms in total. The molecule has 0 saturated heterocycles. The van der Waals surface area contributed by atoms with E-state index in [1.54, 1.807) is 0 Å². The zero-order valence-electron chi connectivity index (χ0n) is 7.44. The van der Waals surface area contributed by atoms with Crippen LogP contribution in [0.15, 0.2) is 16.6 Å². The van der Waals surface area contributed by atoms with Crippen molar-refractivity contribution in [2.24, 2.45) is 5.73 Å². The first-order valence-corrected chi connectivity index (χ1v) is 4.66. The monoisotopic (exact) mass is 284 g/mol. The molecule has 0 unspecified atom stereocenters. The molecule has 0 spiro atoms. The Morgan fingerprint density at radius 1 is 1.33 bits per heavy atom. The Balaban J connectivity index is 3.05. The van der Waals surface area contributed by atoms with Gasteiger partial charge in [0.05, 0.1) is 5.69 Å². The standard InChI is InChI=1S/C8H8BrF3N2O/c9-5-2-7(15-8(10,11)12)6(14)1-4(5)3-13/h1-2H,3,13-14H2. The second-order valence-corrected chi connectivity index (χ2v) is 3.59. The van der Waals surface area contributed by atoms with Crippen molar-refractivity contribution in [2.45, 2.75) is 12.9 Å². The number of hydrogen-bond acceptors (Lipinski definition) is 3. The van der Waals surface area contributed by atoms with E-state index in [-0.39, 0.29) is 12.2 Å². The van der Waals surface area contributed by atoms with Crippen molar-refractivity contribution in [1.82, 2.24) is 0 Å². The van der Waals surface area contributed by atoms with E-state index in [0.717, 1.165) is 6.07 Å². The van der Waals surface area contributed by atoms with Crippen LogP contribution in [-0.4, -0.2) is 6.36 Å². The van der Waals surface area contributed by atoms with Crippen LogP contribution in [0.25, 0.3) is 0 Å². The third-order valence-electron chi connectivity index (χ3n) is 1.62. The summed E-state index contributed by atoms with van der Waals surface area (Å²) in [5.74, 6) is -0.438. The molecule has 0 bridgehead atoms. The minimum absolute atomic E-state index is 0.101. The molecular weight excluding hydrogens is 277 g/mol. The van der Waals surface area contributed by atoms with Gasteiger partial charge in [0, 0.05) is 11.0 Å². The molecule has 0 fully saturated rings. The fraction of sp³-hybridized carbons (Fsp3) is 0.250. The molecule has 0 heterocycles. The summed E-state index contributed by atoms with van der Waals surface area (Å²) >= 11 is 3.07. The lowest BCUT2D eigenvalue weighted by Gasteiger charge is -2.12. The van der Waals surface area contributed by atoms with Crippen LogP contribution in [0.5, 0.6) is 5.75 Å². The van der Waals surface area contributed by atoms with Gasteiger partial charge >= 0.3 is 6.36 Å². The van der Waals surface area contributed by atoms with Crippen LogP contribution in [0.2, 0.25) is 0 Å². The molecule has 1 aromatic rings. The second kappa shape index (κ2) is 4.28. The molecule has 4 N–H and O–H groups in total. The minimum Gasteiger partial charge on any atom is -0.404 e. The maximum Gasteiger partial charge on any atom is 0.573 e. The number of nitrogen functional groups attached to an aromatic ring is 1. The van der Waals surface area contributed by atoms with Crippen molar-refractivity contribution < 1.29 is 17.9 Å². The van der Waals surface area contributed by atoms with E-state index in [2.05, 4.69) is 20.7 Å². The number of halogens is 4. The predicted molar refractivity (Wildman–Crippen MR) is 53.1 cm³/mol. The second-order valence-electron chi connectivity index (χ2n) is 2.73. The lowest BCUT2D eigenvalue weighted by Crippen LogP contribution is -2.18. The molecular formula is C8H8BrF3N2O. The highest BCUT2D eigenvalue weighted by atomic mass is 79.9. The summed E-state index contributed by atoms with van der Waals surface area (Å²) in [5.41, 5.74) is 11.2. The summed E-state index contributed by atoms with van der Waals surface area (Å²) in [6.07, 6.45) is -4.75. The fourth-order valence-electron chi connectivity index (χ4n) is 0.988. The third kappa shape index (κ3) is 3.28. The molecule has 0 aliphatic rings. The number of benzene rings is 1. The molecule has 7 heteroatoms. The smallest absolute Gasteiger partial charge is 0.404 e. The number of ether oxygens (including phenoxy) is 1. The molecule has 15 heavy (non-hydrogen) atoms. The van der Waals surface area contributed by atoms with Gasteiger partial charge in [-0.1, -0.05) is 15.9 Å². The van der Waals surface area contributed by atoms with E-state index in [1.165, 1.54) is 6.07 Å². The Kier molecular flexibility index (Phi) is 3.46. The maximum atomic E-state index is 11.9. The zero-order valence-corrected chi connectivity index (χ0v) is 9.02. The lowest BCUT2D eigenvalue weighted by atomic mass is 10.2. The fourth-order valence-corrected chi connectivity index (χ4v) is 1.47. The first kappa shape index (κ1) is 12.1. The van der Waals surface area contributed by atoms with Crippen molar-refractivity contribution >= 4 is 21.6 Å². The van der Waals surface area contributed by atoms with Gasteiger partial charge in [0.15, 0.2) is 5.75 Å². The molecule has 0 radical (unpaired) electrons. The Bertz CT molecular complexity index is 368. The zero-order chi connectivity index (χ0) is 11.6. The van der Waals surface area contributed by atoms with E-state index < -0.39 is 12.1 Å². The van der Waals surface area contributed by atoms with Gasteiger partial charge in [-0.3, -0.25) is 0 Å². The van der Waals surface area contributed by atoms with E-state index >= 15 is 0 Å². The summed E-state index contributed by atoms with van der Waals surface area (Å²) in [5, 5.41) is 0. The van der Waals surface area contributed by atoms with Gasteiger partial charge in [-0.2, -0.15) is 0 Å². The average Bonchev–Trinajstić information content (AvgIpc) is 2.08. The number of rotatable bonds is 2. The molecule has 1 aromatic carbocycles. The largest absolute Gasteiger partial charge is 0.573 e. The number of alkyl halides is 3. The summed E-state index contributed by atoms with van der Waals surface area (Å²) in [6.45, 7) is 0.178. The van der Waals surface area contributed by atoms with Crippen molar-refractivity contribution in [2.75, 3.05) is 5.73 Å². The van der Waals surface area contributed by atoms with Gasteiger partial charge in [0.2, 0.25) is 0 Å². The molecule has 0 atom stereocenters. The van der Waals surface area contributed by atoms with Crippen LogP contribution in [-0.2, 0) is 6.54 Å². The van der Waals surface area contributed by atoms with E-state index in [0.29, 0.717) is 10.0 Å². The van der Waals surface area contributed by atoms with Gasteiger partial charge in [0.25, 0.3) is 0 Å². The van der Waals surface area contributed by atoms with Crippen LogP contribution in [0.1, 0.15) is 5.56 Å². The third-order valence-corrected chi connectivity index (χ3v) is 2.36. The Hall–Kier alpha value is -0.950. The Morgan fingerprint density at radius 3 is 2.40 bits per heavy atom. The molecule has 0 aromatic heterocycles. The van der Waals surface area contributed by atoms with Crippen molar-refractivity contribution in [3.05, 3.63) is 22.2 Å². The Morgan fingerprint density at radius 2 is 1.93 bits per heavy atom. The summed E-state index contributed by atoms with van der Waals surface area (Å²) in [7, 11) is 0. The highest BCUT2D eigenvalue weighted by Crippen LogP contribution is 2.33. The van der Waals surface area contributed by atoms with Crippen molar-refractivity contribution in [3.63, 3.8) is 0 Å². The van der Waals surface area contributed by atoms with Crippen LogP contribution >= 0.6 is 15.9 Å². The summed E-state index contributed by atoms with van der Waals surface area (Å²) in [6, 6.07) is 2.48. The van der Waals surface area contributed by atoms with Gasteiger partial charge in [0.1, 0.15) is 0 Å². The van der Waals surface area contributed by atoms with Crippen molar-refractivity contribution in [3.8, 4) is 5.75 Å². The van der Waals surface area contributed by atoms with Crippen LogP contribution < -0.4 is 16.2 Å². The quantitative estimate of drug-likeness (QED) is 0.820. The molecule has 0 aliphatic carbocycles.